The largest absolute Gasteiger partial charge is 0.384 e. The van der Waals surface area contributed by atoms with Crippen LogP contribution in [0.4, 0.5) is 10.1 Å². The third kappa shape index (κ3) is 2.16. The Morgan fingerprint density at radius 1 is 1.57 bits per heavy atom. The standard InChI is InChI=1S/C10H11FINS/c1-6-4-13-9-3-8(12)7(11)2-10(9)14-5-6/h2-3,6,13H,4-5H2,1H3. The molecule has 0 aromatic heterocycles. The van der Waals surface area contributed by atoms with Crippen molar-refractivity contribution in [3.05, 3.63) is 21.5 Å². The monoisotopic (exact) mass is 323 g/mol. The summed E-state index contributed by atoms with van der Waals surface area (Å²) >= 11 is 3.76. The number of hydrogen-bond acceptors (Lipinski definition) is 2. The minimum absolute atomic E-state index is 0.117. The van der Waals surface area contributed by atoms with Gasteiger partial charge in [0.05, 0.1) is 3.57 Å². The second kappa shape index (κ2) is 4.26. The lowest BCUT2D eigenvalue weighted by molar-refractivity contribution is 0.617. The predicted molar refractivity (Wildman–Crippen MR) is 67.5 cm³/mol. The number of anilines is 1. The average Bonchev–Trinajstić information content (AvgIpc) is 2.31. The summed E-state index contributed by atoms with van der Waals surface area (Å²) < 4.78 is 14.0. The van der Waals surface area contributed by atoms with Crippen LogP contribution in [-0.2, 0) is 0 Å². The third-order valence-electron chi connectivity index (χ3n) is 2.19. The Labute approximate surface area is 101 Å². The molecule has 1 N–H and O–H groups in total. The van der Waals surface area contributed by atoms with Gasteiger partial charge in [0.1, 0.15) is 5.82 Å². The van der Waals surface area contributed by atoms with E-state index in [-0.39, 0.29) is 5.82 Å². The van der Waals surface area contributed by atoms with Crippen LogP contribution in [0.5, 0.6) is 0 Å². The van der Waals surface area contributed by atoms with Gasteiger partial charge in [-0.1, -0.05) is 6.92 Å². The van der Waals surface area contributed by atoms with Crippen LogP contribution in [0.2, 0.25) is 0 Å². The van der Waals surface area contributed by atoms with Gasteiger partial charge < -0.3 is 5.32 Å². The summed E-state index contributed by atoms with van der Waals surface area (Å²) in [5.41, 5.74) is 1.07. The molecule has 76 valence electrons. The lowest BCUT2D eigenvalue weighted by atomic mass is 10.2. The first-order valence-electron chi connectivity index (χ1n) is 4.52. The molecule has 1 unspecified atom stereocenters. The Hall–Kier alpha value is 0.0300. The predicted octanol–water partition coefficient (Wildman–Crippen LogP) is 3.58. The van der Waals surface area contributed by atoms with Crippen LogP contribution in [0.25, 0.3) is 0 Å². The van der Waals surface area contributed by atoms with Gasteiger partial charge in [0.15, 0.2) is 0 Å². The highest BCUT2D eigenvalue weighted by Crippen LogP contribution is 2.34. The number of fused-ring (bicyclic) bond motifs is 1. The van der Waals surface area contributed by atoms with Gasteiger partial charge in [0, 0.05) is 22.9 Å². The topological polar surface area (TPSA) is 12.0 Å². The van der Waals surface area contributed by atoms with Crippen LogP contribution in [0.1, 0.15) is 6.92 Å². The van der Waals surface area contributed by atoms with Gasteiger partial charge in [-0.25, -0.2) is 4.39 Å². The summed E-state index contributed by atoms with van der Waals surface area (Å²) in [4.78, 5) is 1.03. The van der Waals surface area contributed by atoms with E-state index in [2.05, 4.69) is 12.2 Å². The molecule has 0 fully saturated rings. The fourth-order valence-corrected chi connectivity index (χ4v) is 2.88. The molecule has 0 amide bonds. The molecule has 0 bridgehead atoms. The molecule has 1 aromatic rings. The maximum atomic E-state index is 13.3. The Morgan fingerprint density at radius 3 is 3.14 bits per heavy atom. The van der Waals surface area contributed by atoms with Crippen LogP contribution >= 0.6 is 34.4 Å². The van der Waals surface area contributed by atoms with E-state index >= 15 is 0 Å². The normalized spacial score (nSPS) is 20.9. The molecule has 1 atom stereocenters. The second-order valence-corrected chi connectivity index (χ2v) is 5.78. The van der Waals surface area contributed by atoms with Crippen molar-refractivity contribution in [3.8, 4) is 0 Å². The Kier molecular flexibility index (Phi) is 3.21. The molecule has 1 aliphatic heterocycles. The molecule has 1 aliphatic rings. The number of thioether (sulfide) groups is 1. The highest BCUT2D eigenvalue weighted by atomic mass is 127. The number of rotatable bonds is 0. The SMILES string of the molecule is CC1CNc2cc(I)c(F)cc2SC1. The van der Waals surface area contributed by atoms with E-state index in [1.54, 1.807) is 17.8 Å². The first-order chi connectivity index (χ1) is 6.66. The van der Waals surface area contributed by atoms with Crippen molar-refractivity contribution in [2.24, 2.45) is 5.92 Å². The van der Waals surface area contributed by atoms with Gasteiger partial charge in [-0.2, -0.15) is 0 Å². The van der Waals surface area contributed by atoms with Gasteiger partial charge in [-0.15, -0.1) is 11.8 Å². The van der Waals surface area contributed by atoms with E-state index in [9.17, 15) is 4.39 Å². The lowest BCUT2D eigenvalue weighted by Crippen LogP contribution is -2.10. The van der Waals surface area contributed by atoms with Gasteiger partial charge in [0.25, 0.3) is 0 Å². The van der Waals surface area contributed by atoms with Gasteiger partial charge in [-0.3, -0.25) is 0 Å². The molecular formula is C10H11FINS. The van der Waals surface area contributed by atoms with Crippen LogP contribution in [0, 0.1) is 15.3 Å². The minimum Gasteiger partial charge on any atom is -0.384 e. The number of halogens is 2. The molecule has 2 rings (SSSR count). The molecule has 1 heterocycles. The van der Waals surface area contributed by atoms with E-state index in [1.807, 2.05) is 28.7 Å². The quantitative estimate of drug-likeness (QED) is 0.733. The molecule has 0 radical (unpaired) electrons. The van der Waals surface area contributed by atoms with Crippen LogP contribution < -0.4 is 5.32 Å². The molecule has 0 saturated heterocycles. The summed E-state index contributed by atoms with van der Waals surface area (Å²) in [5.74, 6) is 1.57. The summed E-state index contributed by atoms with van der Waals surface area (Å²) in [6.45, 7) is 3.18. The van der Waals surface area contributed by atoms with E-state index in [4.69, 9.17) is 0 Å². The fraction of sp³-hybridized carbons (Fsp3) is 0.400. The molecule has 0 saturated carbocycles. The summed E-state index contributed by atoms with van der Waals surface area (Å²) in [7, 11) is 0. The zero-order chi connectivity index (χ0) is 10.1. The molecule has 0 spiro atoms. The highest BCUT2D eigenvalue weighted by molar-refractivity contribution is 14.1. The van der Waals surface area contributed by atoms with Gasteiger partial charge >= 0.3 is 0 Å². The maximum Gasteiger partial charge on any atom is 0.137 e. The van der Waals surface area contributed by atoms with Crippen molar-refractivity contribution in [2.75, 3.05) is 17.6 Å². The summed E-state index contributed by atoms with van der Waals surface area (Å²) in [6, 6.07) is 3.52. The van der Waals surface area contributed by atoms with Crippen molar-refractivity contribution in [2.45, 2.75) is 11.8 Å². The van der Waals surface area contributed by atoms with E-state index in [0.717, 1.165) is 22.9 Å². The smallest absolute Gasteiger partial charge is 0.137 e. The number of hydrogen-bond donors (Lipinski definition) is 1. The number of nitrogens with one attached hydrogen (secondary N) is 1. The van der Waals surface area contributed by atoms with Crippen molar-refractivity contribution in [1.82, 2.24) is 0 Å². The van der Waals surface area contributed by atoms with Crippen LogP contribution in [0.15, 0.2) is 17.0 Å². The fourth-order valence-electron chi connectivity index (χ4n) is 1.36. The molecule has 4 heteroatoms. The number of benzene rings is 1. The molecule has 0 aliphatic carbocycles. The van der Waals surface area contributed by atoms with Crippen molar-refractivity contribution in [1.29, 1.82) is 0 Å². The Bertz CT molecular complexity index is 323. The molecule has 1 aromatic carbocycles. The summed E-state index contributed by atoms with van der Waals surface area (Å²) in [5, 5.41) is 3.35. The van der Waals surface area contributed by atoms with E-state index < -0.39 is 0 Å². The Balaban J connectivity index is 2.36. The molecule has 1 nitrogen and oxygen atoms in total. The van der Waals surface area contributed by atoms with E-state index in [0.29, 0.717) is 9.49 Å². The van der Waals surface area contributed by atoms with Gasteiger partial charge in [0.2, 0.25) is 0 Å². The van der Waals surface area contributed by atoms with Crippen LogP contribution in [-0.4, -0.2) is 12.3 Å². The summed E-state index contributed by atoms with van der Waals surface area (Å²) in [6.07, 6.45) is 0. The highest BCUT2D eigenvalue weighted by Gasteiger charge is 2.14. The van der Waals surface area contributed by atoms with Crippen molar-refractivity contribution >= 4 is 40.0 Å². The third-order valence-corrected chi connectivity index (χ3v) is 4.40. The molecular weight excluding hydrogens is 312 g/mol. The van der Waals surface area contributed by atoms with Crippen molar-refractivity contribution in [3.63, 3.8) is 0 Å². The first-order valence-corrected chi connectivity index (χ1v) is 6.59. The second-order valence-electron chi connectivity index (χ2n) is 3.56. The first kappa shape index (κ1) is 10.5. The molecule has 14 heavy (non-hydrogen) atoms. The van der Waals surface area contributed by atoms with Crippen molar-refractivity contribution < 1.29 is 4.39 Å². The zero-order valence-corrected chi connectivity index (χ0v) is 10.8. The van der Waals surface area contributed by atoms with Gasteiger partial charge in [-0.05, 0) is 40.6 Å². The Morgan fingerprint density at radius 2 is 2.36 bits per heavy atom. The maximum absolute atomic E-state index is 13.3. The van der Waals surface area contributed by atoms with E-state index in [1.165, 1.54) is 0 Å². The lowest BCUT2D eigenvalue weighted by Gasteiger charge is -2.08. The van der Waals surface area contributed by atoms with Crippen LogP contribution in [0.3, 0.4) is 0 Å². The average molecular weight is 323 g/mol. The minimum atomic E-state index is -0.117. The zero-order valence-electron chi connectivity index (χ0n) is 7.81.